The zero-order valence-electron chi connectivity index (χ0n) is 21.3. The summed E-state index contributed by atoms with van der Waals surface area (Å²) >= 11 is 0. The number of amides is 1. The van der Waals surface area contributed by atoms with Crippen LogP contribution in [0.25, 0.3) is 0 Å². The first kappa shape index (κ1) is 26.9. The molecule has 1 amide bonds. The first-order chi connectivity index (χ1) is 16.6. The number of carbonyl (C=O) groups excluding carboxylic acids is 1. The number of nitrogens with zero attached hydrogens (tertiary/aromatic N) is 2. The van der Waals surface area contributed by atoms with Crippen LogP contribution in [-0.2, 0) is 26.5 Å². The summed E-state index contributed by atoms with van der Waals surface area (Å²) < 4.78 is 25.1. The Morgan fingerprint density at radius 3 is 2.37 bits per heavy atom. The largest absolute Gasteiger partial charge is 0.368 e. The normalized spacial score (nSPS) is 13.9. The molecular formula is C27H38N4O3S. The molecular weight excluding hydrogens is 460 g/mol. The maximum Gasteiger partial charge on any atom is 0.222 e. The number of hydrogen-bond donors (Lipinski definition) is 2. The van der Waals surface area contributed by atoms with Gasteiger partial charge in [0.05, 0.1) is 11.4 Å². The SMILES string of the molecule is CN(CCc1ccc(C2=NCCN2)cc1)C(=O)CCCNCS(=O)(=O)c1ccc(C(C)(C)C)cc1. The lowest BCUT2D eigenvalue weighted by molar-refractivity contribution is -0.129. The standard InChI is InChI=1S/C27H38N4O3S/c1-27(2,3)23-11-13-24(14-12-23)35(33,34)20-28-16-5-6-25(32)31(4)19-15-21-7-9-22(10-8-21)26-29-17-18-30-26/h7-14,28H,5-6,15-20H2,1-4H3,(H,29,30). The molecule has 0 aliphatic carbocycles. The van der Waals surface area contributed by atoms with Crippen LogP contribution in [0.15, 0.2) is 58.4 Å². The molecule has 0 aromatic heterocycles. The number of benzene rings is 2. The molecule has 190 valence electrons. The molecule has 0 bridgehead atoms. The highest BCUT2D eigenvalue weighted by Crippen LogP contribution is 2.23. The summed E-state index contributed by atoms with van der Waals surface area (Å²) in [5.41, 5.74) is 3.34. The van der Waals surface area contributed by atoms with E-state index in [9.17, 15) is 13.2 Å². The summed E-state index contributed by atoms with van der Waals surface area (Å²) in [5, 5.41) is 6.24. The van der Waals surface area contributed by atoms with Gasteiger partial charge in [-0.2, -0.15) is 0 Å². The van der Waals surface area contributed by atoms with Crippen molar-refractivity contribution in [2.24, 2.45) is 4.99 Å². The fraction of sp³-hybridized carbons (Fsp3) is 0.481. The molecule has 2 N–H and O–H groups in total. The Bertz CT molecular complexity index is 1120. The van der Waals surface area contributed by atoms with Crippen molar-refractivity contribution in [1.29, 1.82) is 0 Å². The third-order valence-corrected chi connectivity index (χ3v) is 7.75. The molecule has 35 heavy (non-hydrogen) atoms. The van der Waals surface area contributed by atoms with Crippen LogP contribution in [0.3, 0.4) is 0 Å². The van der Waals surface area contributed by atoms with Gasteiger partial charge in [-0.05, 0) is 48.1 Å². The van der Waals surface area contributed by atoms with Crippen LogP contribution in [0, 0.1) is 0 Å². The van der Waals surface area contributed by atoms with Crippen molar-refractivity contribution in [3.8, 4) is 0 Å². The Morgan fingerprint density at radius 2 is 1.77 bits per heavy atom. The summed E-state index contributed by atoms with van der Waals surface area (Å²) in [6, 6.07) is 15.4. The number of sulfone groups is 1. The number of nitrogens with one attached hydrogen (secondary N) is 2. The number of rotatable bonds is 11. The van der Waals surface area contributed by atoms with Crippen molar-refractivity contribution >= 4 is 21.6 Å². The van der Waals surface area contributed by atoms with Crippen LogP contribution in [0.4, 0.5) is 0 Å². The monoisotopic (exact) mass is 498 g/mol. The second-order valence-electron chi connectivity index (χ2n) is 10.1. The maximum absolute atomic E-state index is 12.6. The van der Waals surface area contributed by atoms with Gasteiger partial charge in [-0.3, -0.25) is 9.79 Å². The van der Waals surface area contributed by atoms with Gasteiger partial charge in [-0.25, -0.2) is 8.42 Å². The number of likely N-dealkylation sites (N-methyl/N-ethyl adjacent to an activating group) is 1. The topological polar surface area (TPSA) is 90.9 Å². The summed E-state index contributed by atoms with van der Waals surface area (Å²) in [6.07, 6.45) is 1.76. The zero-order valence-corrected chi connectivity index (χ0v) is 22.1. The van der Waals surface area contributed by atoms with Gasteiger partial charge in [0, 0.05) is 32.1 Å². The average molecular weight is 499 g/mol. The van der Waals surface area contributed by atoms with E-state index < -0.39 is 9.84 Å². The highest BCUT2D eigenvalue weighted by Gasteiger charge is 2.17. The Labute approximate surface area is 209 Å². The lowest BCUT2D eigenvalue weighted by Crippen LogP contribution is -2.30. The van der Waals surface area contributed by atoms with E-state index in [4.69, 9.17) is 0 Å². The molecule has 1 heterocycles. The van der Waals surface area contributed by atoms with E-state index in [1.54, 1.807) is 17.0 Å². The molecule has 2 aromatic carbocycles. The van der Waals surface area contributed by atoms with E-state index in [1.165, 1.54) is 5.56 Å². The maximum atomic E-state index is 12.6. The lowest BCUT2D eigenvalue weighted by Gasteiger charge is -2.19. The van der Waals surface area contributed by atoms with Crippen LogP contribution in [0.2, 0.25) is 0 Å². The van der Waals surface area contributed by atoms with E-state index >= 15 is 0 Å². The first-order valence-corrected chi connectivity index (χ1v) is 13.9. The lowest BCUT2D eigenvalue weighted by atomic mass is 9.87. The van der Waals surface area contributed by atoms with Crippen molar-refractivity contribution < 1.29 is 13.2 Å². The minimum Gasteiger partial charge on any atom is -0.368 e. The molecule has 1 aliphatic rings. The molecule has 2 aromatic rings. The van der Waals surface area contributed by atoms with Gasteiger partial charge in [0.2, 0.25) is 5.91 Å². The van der Waals surface area contributed by atoms with E-state index in [0.717, 1.165) is 36.5 Å². The van der Waals surface area contributed by atoms with E-state index in [1.807, 2.05) is 19.2 Å². The summed E-state index contributed by atoms with van der Waals surface area (Å²) in [7, 11) is -1.59. The fourth-order valence-corrected chi connectivity index (χ4v) is 4.98. The Hall–Kier alpha value is -2.71. The smallest absolute Gasteiger partial charge is 0.222 e. The third kappa shape index (κ3) is 7.90. The van der Waals surface area contributed by atoms with Gasteiger partial charge in [0.25, 0.3) is 0 Å². The molecule has 0 atom stereocenters. The molecule has 0 saturated carbocycles. The van der Waals surface area contributed by atoms with Gasteiger partial charge in [-0.1, -0.05) is 57.2 Å². The molecule has 0 spiro atoms. The van der Waals surface area contributed by atoms with E-state index in [0.29, 0.717) is 30.8 Å². The van der Waals surface area contributed by atoms with Gasteiger partial charge < -0.3 is 15.5 Å². The van der Waals surface area contributed by atoms with Crippen LogP contribution in [0.1, 0.15) is 50.3 Å². The van der Waals surface area contributed by atoms with Crippen molar-refractivity contribution in [3.05, 3.63) is 65.2 Å². The molecule has 0 fully saturated rings. The summed E-state index contributed by atoms with van der Waals surface area (Å²) in [4.78, 5) is 18.9. The van der Waals surface area contributed by atoms with Crippen molar-refractivity contribution in [1.82, 2.24) is 15.5 Å². The molecule has 3 rings (SSSR count). The quantitative estimate of drug-likeness (QED) is 0.465. The number of hydrogen-bond acceptors (Lipinski definition) is 6. The van der Waals surface area contributed by atoms with Crippen molar-refractivity contribution in [2.45, 2.75) is 50.3 Å². The van der Waals surface area contributed by atoms with Crippen LogP contribution in [-0.4, -0.2) is 64.2 Å². The Morgan fingerprint density at radius 1 is 1.09 bits per heavy atom. The number of aliphatic imine (C=N–C) groups is 1. The molecule has 0 saturated heterocycles. The molecule has 0 unspecified atom stereocenters. The van der Waals surface area contributed by atoms with Gasteiger partial charge in [-0.15, -0.1) is 0 Å². The Kier molecular flexibility index (Phi) is 9.08. The van der Waals surface area contributed by atoms with Crippen LogP contribution < -0.4 is 10.6 Å². The minimum atomic E-state index is -3.41. The molecule has 7 nitrogen and oxygen atoms in total. The second kappa shape index (κ2) is 11.8. The van der Waals surface area contributed by atoms with E-state index in [2.05, 4.69) is 60.7 Å². The van der Waals surface area contributed by atoms with Gasteiger partial charge in [0.15, 0.2) is 9.84 Å². The first-order valence-electron chi connectivity index (χ1n) is 12.2. The van der Waals surface area contributed by atoms with Crippen LogP contribution >= 0.6 is 0 Å². The van der Waals surface area contributed by atoms with Crippen molar-refractivity contribution in [3.63, 3.8) is 0 Å². The summed E-state index contributed by atoms with van der Waals surface area (Å²) in [5.74, 6) is 0.876. The van der Waals surface area contributed by atoms with E-state index in [-0.39, 0.29) is 17.2 Å². The summed E-state index contributed by atoms with van der Waals surface area (Å²) in [6.45, 7) is 9.11. The number of carbonyl (C=O) groups is 1. The number of amidine groups is 1. The highest BCUT2D eigenvalue weighted by atomic mass is 32.2. The zero-order chi connectivity index (χ0) is 25.5. The third-order valence-electron chi connectivity index (χ3n) is 6.18. The minimum absolute atomic E-state index is 0.0205. The van der Waals surface area contributed by atoms with Gasteiger partial charge >= 0.3 is 0 Å². The highest BCUT2D eigenvalue weighted by molar-refractivity contribution is 7.91. The second-order valence-corrected chi connectivity index (χ2v) is 12.0. The van der Waals surface area contributed by atoms with Crippen LogP contribution in [0.5, 0.6) is 0 Å². The van der Waals surface area contributed by atoms with Crippen molar-refractivity contribution in [2.75, 3.05) is 39.1 Å². The molecule has 8 heteroatoms. The predicted molar refractivity (Wildman–Crippen MR) is 142 cm³/mol. The molecule has 1 aliphatic heterocycles. The molecule has 0 radical (unpaired) electrons. The Balaban J connectivity index is 1.35. The average Bonchev–Trinajstić information content (AvgIpc) is 3.37. The van der Waals surface area contributed by atoms with Gasteiger partial charge in [0.1, 0.15) is 11.7 Å². The predicted octanol–water partition coefficient (Wildman–Crippen LogP) is 3.14. The fourth-order valence-electron chi connectivity index (χ4n) is 3.85.